The summed E-state index contributed by atoms with van der Waals surface area (Å²) in [7, 11) is 0. The van der Waals surface area contributed by atoms with E-state index < -0.39 is 0 Å². The summed E-state index contributed by atoms with van der Waals surface area (Å²) in [5.41, 5.74) is 1.68. The second-order valence-electron chi connectivity index (χ2n) is 8.19. The maximum absolute atomic E-state index is 13.1. The molecule has 3 aliphatic rings. The molecule has 2 amide bonds. The summed E-state index contributed by atoms with van der Waals surface area (Å²) in [4.78, 5) is 34.0. The predicted octanol–water partition coefficient (Wildman–Crippen LogP) is 1.75. The van der Waals surface area contributed by atoms with E-state index in [9.17, 15) is 9.59 Å². The molecule has 2 saturated heterocycles. The Morgan fingerprint density at radius 1 is 1.28 bits per heavy atom. The third-order valence-corrected chi connectivity index (χ3v) is 6.36. The van der Waals surface area contributed by atoms with Crippen molar-refractivity contribution in [3.63, 3.8) is 0 Å². The average Bonchev–Trinajstić information content (AvgIpc) is 3.23. The number of hydrogen-bond donors (Lipinski definition) is 0. The van der Waals surface area contributed by atoms with Crippen molar-refractivity contribution in [3.8, 4) is 0 Å². The lowest BCUT2D eigenvalue weighted by molar-refractivity contribution is -0.146. The molecule has 136 valence electrons. The van der Waals surface area contributed by atoms with Crippen LogP contribution in [0.1, 0.15) is 43.5 Å². The summed E-state index contributed by atoms with van der Waals surface area (Å²) >= 11 is 0. The van der Waals surface area contributed by atoms with Gasteiger partial charge in [0.1, 0.15) is 6.54 Å². The molecule has 0 bridgehead atoms. The molecule has 0 N–H and O–H groups in total. The van der Waals surface area contributed by atoms with Gasteiger partial charge in [0.15, 0.2) is 0 Å². The smallest absolute Gasteiger partial charge is 0.242 e. The number of aromatic nitrogens is 2. The van der Waals surface area contributed by atoms with Crippen molar-refractivity contribution >= 4 is 11.8 Å². The minimum absolute atomic E-state index is 0.101. The molecule has 1 saturated carbocycles. The van der Waals surface area contributed by atoms with Crippen LogP contribution < -0.4 is 0 Å². The van der Waals surface area contributed by atoms with Crippen molar-refractivity contribution in [1.29, 1.82) is 0 Å². The third-order valence-electron chi connectivity index (χ3n) is 6.36. The van der Waals surface area contributed by atoms with Gasteiger partial charge in [-0.3, -0.25) is 9.59 Å². The zero-order chi connectivity index (χ0) is 17.6. The van der Waals surface area contributed by atoms with Gasteiger partial charge in [-0.2, -0.15) is 0 Å². The lowest BCUT2D eigenvalue weighted by atomic mass is 9.78. The monoisotopic (exact) mass is 344 g/mol. The molecule has 0 aromatic carbocycles. The SMILES string of the molecule is Cc1ncn(CC(=O)N2CC[C@@]3(CCCN(CC4CC4)C3=O)C2)c1C. The molecule has 1 aromatic rings. The van der Waals surface area contributed by atoms with E-state index in [1.807, 2.05) is 23.3 Å². The van der Waals surface area contributed by atoms with Crippen LogP contribution in [-0.4, -0.2) is 57.3 Å². The van der Waals surface area contributed by atoms with Gasteiger partial charge in [-0.15, -0.1) is 0 Å². The van der Waals surface area contributed by atoms with E-state index in [4.69, 9.17) is 0 Å². The molecule has 2 aliphatic heterocycles. The predicted molar refractivity (Wildman–Crippen MR) is 93.9 cm³/mol. The Kier molecular flexibility index (Phi) is 4.08. The number of amides is 2. The normalized spacial score (nSPS) is 26.7. The van der Waals surface area contributed by atoms with Gasteiger partial charge in [-0.05, 0) is 51.9 Å². The van der Waals surface area contributed by atoms with Crippen LogP contribution in [0.3, 0.4) is 0 Å². The second-order valence-corrected chi connectivity index (χ2v) is 8.19. The highest BCUT2D eigenvalue weighted by atomic mass is 16.2. The fourth-order valence-corrected chi connectivity index (χ4v) is 4.35. The first-order chi connectivity index (χ1) is 12.0. The molecular formula is C19H28N4O2. The van der Waals surface area contributed by atoms with E-state index >= 15 is 0 Å². The summed E-state index contributed by atoms with van der Waals surface area (Å²) in [6, 6.07) is 0. The van der Waals surface area contributed by atoms with Gasteiger partial charge >= 0.3 is 0 Å². The molecule has 1 atom stereocenters. The minimum Gasteiger partial charge on any atom is -0.342 e. The van der Waals surface area contributed by atoms with E-state index in [0.717, 1.165) is 49.7 Å². The van der Waals surface area contributed by atoms with E-state index in [2.05, 4.69) is 9.88 Å². The Hall–Kier alpha value is -1.85. The van der Waals surface area contributed by atoms with Crippen LogP contribution >= 0.6 is 0 Å². The number of hydrogen-bond acceptors (Lipinski definition) is 3. The van der Waals surface area contributed by atoms with E-state index in [1.165, 1.54) is 12.8 Å². The Bertz CT molecular complexity index is 694. The number of carbonyl (C=O) groups is 2. The summed E-state index contributed by atoms with van der Waals surface area (Å²) in [5.74, 6) is 1.13. The molecule has 0 radical (unpaired) electrons. The van der Waals surface area contributed by atoms with Crippen LogP contribution in [0.4, 0.5) is 0 Å². The molecule has 1 aromatic heterocycles. The quantitative estimate of drug-likeness (QED) is 0.836. The maximum atomic E-state index is 13.1. The van der Waals surface area contributed by atoms with E-state index in [1.54, 1.807) is 6.33 Å². The molecule has 3 fully saturated rings. The van der Waals surface area contributed by atoms with Gasteiger partial charge in [0.05, 0.1) is 17.4 Å². The first kappa shape index (κ1) is 16.6. The summed E-state index contributed by atoms with van der Waals surface area (Å²) in [6.45, 7) is 7.40. The number of aryl methyl sites for hydroxylation is 1. The van der Waals surface area contributed by atoms with E-state index in [0.29, 0.717) is 25.5 Å². The Balaban J connectivity index is 1.41. The van der Waals surface area contributed by atoms with Crippen LogP contribution in [0, 0.1) is 25.2 Å². The number of imidazole rings is 1. The average molecular weight is 344 g/mol. The minimum atomic E-state index is -0.317. The highest BCUT2D eigenvalue weighted by Crippen LogP contribution is 2.41. The topological polar surface area (TPSA) is 58.4 Å². The van der Waals surface area contributed by atoms with Gasteiger partial charge in [0, 0.05) is 31.9 Å². The number of piperidine rings is 1. The number of nitrogens with zero attached hydrogens (tertiary/aromatic N) is 4. The van der Waals surface area contributed by atoms with Crippen LogP contribution in [0.5, 0.6) is 0 Å². The van der Waals surface area contributed by atoms with Gasteiger partial charge in [0.2, 0.25) is 11.8 Å². The fraction of sp³-hybridized carbons (Fsp3) is 0.737. The maximum Gasteiger partial charge on any atom is 0.242 e. The van der Waals surface area contributed by atoms with Gasteiger partial charge in [0.25, 0.3) is 0 Å². The van der Waals surface area contributed by atoms with Crippen molar-refractivity contribution in [3.05, 3.63) is 17.7 Å². The molecule has 6 nitrogen and oxygen atoms in total. The molecular weight excluding hydrogens is 316 g/mol. The van der Waals surface area contributed by atoms with Crippen molar-refractivity contribution in [2.45, 2.75) is 52.5 Å². The molecule has 4 rings (SSSR count). The standard InChI is InChI=1S/C19H28N4O2/c1-14-15(2)23(13-20-14)11-17(24)22-9-7-19(12-22)6-3-8-21(18(19)25)10-16-4-5-16/h13,16H,3-12H2,1-2H3/t19-/m0/s1. The lowest BCUT2D eigenvalue weighted by Gasteiger charge is -2.39. The number of likely N-dealkylation sites (tertiary alicyclic amines) is 2. The Labute approximate surface area is 149 Å². The molecule has 1 aliphatic carbocycles. The molecule has 1 spiro atoms. The van der Waals surface area contributed by atoms with Crippen molar-refractivity contribution in [2.75, 3.05) is 26.2 Å². The fourth-order valence-electron chi connectivity index (χ4n) is 4.35. The summed E-state index contributed by atoms with van der Waals surface area (Å²) in [6.07, 6.45) is 7.09. The lowest BCUT2D eigenvalue weighted by Crippen LogP contribution is -2.51. The van der Waals surface area contributed by atoms with Crippen molar-refractivity contribution in [1.82, 2.24) is 19.4 Å². The second kappa shape index (κ2) is 6.15. The number of carbonyl (C=O) groups excluding carboxylic acids is 2. The third kappa shape index (κ3) is 3.07. The van der Waals surface area contributed by atoms with Gasteiger partial charge in [-0.1, -0.05) is 0 Å². The van der Waals surface area contributed by atoms with Crippen molar-refractivity contribution in [2.24, 2.45) is 11.3 Å². The first-order valence-corrected chi connectivity index (χ1v) is 9.54. The van der Waals surface area contributed by atoms with Crippen LogP contribution in [0.2, 0.25) is 0 Å². The van der Waals surface area contributed by atoms with Gasteiger partial charge in [-0.25, -0.2) is 4.98 Å². The Morgan fingerprint density at radius 3 is 2.76 bits per heavy atom. The molecule has 0 unspecified atom stereocenters. The zero-order valence-electron chi connectivity index (χ0n) is 15.3. The van der Waals surface area contributed by atoms with Crippen LogP contribution in [0.15, 0.2) is 6.33 Å². The highest BCUT2D eigenvalue weighted by Gasteiger charge is 2.49. The first-order valence-electron chi connectivity index (χ1n) is 9.54. The van der Waals surface area contributed by atoms with Crippen molar-refractivity contribution < 1.29 is 9.59 Å². The molecule has 6 heteroatoms. The molecule has 25 heavy (non-hydrogen) atoms. The zero-order valence-corrected chi connectivity index (χ0v) is 15.3. The van der Waals surface area contributed by atoms with Crippen LogP contribution in [-0.2, 0) is 16.1 Å². The van der Waals surface area contributed by atoms with Crippen LogP contribution in [0.25, 0.3) is 0 Å². The Morgan fingerprint density at radius 2 is 2.08 bits per heavy atom. The highest BCUT2D eigenvalue weighted by molar-refractivity contribution is 5.86. The summed E-state index contributed by atoms with van der Waals surface area (Å²) < 4.78 is 1.91. The largest absolute Gasteiger partial charge is 0.342 e. The van der Waals surface area contributed by atoms with Gasteiger partial charge < -0.3 is 14.4 Å². The number of rotatable bonds is 4. The van der Waals surface area contributed by atoms with E-state index in [-0.39, 0.29) is 11.3 Å². The molecule has 3 heterocycles. The summed E-state index contributed by atoms with van der Waals surface area (Å²) in [5, 5.41) is 0.